The lowest BCUT2D eigenvalue weighted by Crippen LogP contribution is -2.32. The molecule has 88 valence electrons. The van der Waals surface area contributed by atoms with Crippen LogP contribution in [0, 0.1) is 0 Å². The molecule has 0 fully saturated rings. The fraction of sp³-hybridized carbons (Fsp3) is 0.636. The van der Waals surface area contributed by atoms with Crippen LogP contribution in [-0.2, 0) is 17.6 Å². The Morgan fingerprint density at radius 2 is 2.19 bits per heavy atom. The van der Waals surface area contributed by atoms with E-state index in [1.54, 1.807) is 18.3 Å². The van der Waals surface area contributed by atoms with Gasteiger partial charge in [-0.1, -0.05) is 6.42 Å². The van der Waals surface area contributed by atoms with E-state index in [9.17, 15) is 4.79 Å². The van der Waals surface area contributed by atoms with E-state index in [1.807, 2.05) is 0 Å². The molecule has 1 aliphatic rings. The van der Waals surface area contributed by atoms with Gasteiger partial charge in [0.15, 0.2) is 5.13 Å². The number of nitrogens with one attached hydrogen (secondary N) is 1. The van der Waals surface area contributed by atoms with Crippen LogP contribution in [0.5, 0.6) is 0 Å². The highest BCUT2D eigenvalue weighted by Crippen LogP contribution is 2.28. The normalized spacial score (nSPS) is 17.4. The summed E-state index contributed by atoms with van der Waals surface area (Å²) >= 11 is 1.60. The summed E-state index contributed by atoms with van der Waals surface area (Å²) in [4.78, 5) is 17.2. The van der Waals surface area contributed by atoms with Crippen molar-refractivity contribution in [1.29, 1.82) is 0 Å². The van der Waals surface area contributed by atoms with Gasteiger partial charge in [0.2, 0.25) is 5.91 Å². The van der Waals surface area contributed by atoms with Crippen LogP contribution in [0.3, 0.4) is 0 Å². The van der Waals surface area contributed by atoms with E-state index in [1.165, 1.54) is 29.8 Å². The fourth-order valence-corrected chi connectivity index (χ4v) is 2.85. The monoisotopic (exact) mass is 239 g/mol. The van der Waals surface area contributed by atoms with E-state index < -0.39 is 6.04 Å². The maximum Gasteiger partial charge on any atom is 0.242 e. The Morgan fingerprint density at radius 1 is 1.44 bits per heavy atom. The topological polar surface area (TPSA) is 68.0 Å². The minimum Gasteiger partial charge on any atom is -0.320 e. The Hall–Kier alpha value is -0.940. The summed E-state index contributed by atoms with van der Waals surface area (Å²) in [5, 5.41) is 3.47. The van der Waals surface area contributed by atoms with E-state index in [0.29, 0.717) is 5.13 Å². The maximum absolute atomic E-state index is 11.4. The van der Waals surface area contributed by atoms with Crippen LogP contribution in [0.4, 0.5) is 5.13 Å². The molecule has 0 radical (unpaired) electrons. The van der Waals surface area contributed by atoms with Gasteiger partial charge in [-0.25, -0.2) is 4.98 Å². The van der Waals surface area contributed by atoms with Gasteiger partial charge in [0.1, 0.15) is 0 Å². The summed E-state index contributed by atoms with van der Waals surface area (Å²) in [5.41, 5.74) is 6.66. The van der Waals surface area contributed by atoms with Crippen molar-refractivity contribution in [3.8, 4) is 0 Å². The summed E-state index contributed by atoms with van der Waals surface area (Å²) < 4.78 is 0. The first-order valence-electron chi connectivity index (χ1n) is 5.72. The number of aromatic nitrogens is 1. The van der Waals surface area contributed by atoms with Crippen molar-refractivity contribution in [1.82, 2.24) is 4.98 Å². The second kappa shape index (κ2) is 4.93. The standard InChI is InChI=1S/C11H17N3OS/c1-7(12)10(15)14-11-13-8-5-3-2-4-6-9(8)16-11/h7H,2-6,12H2,1H3,(H,13,14,15). The number of anilines is 1. The molecule has 0 aromatic carbocycles. The van der Waals surface area contributed by atoms with E-state index >= 15 is 0 Å². The highest BCUT2D eigenvalue weighted by atomic mass is 32.1. The van der Waals surface area contributed by atoms with Crippen molar-refractivity contribution >= 4 is 22.4 Å². The molecule has 0 saturated carbocycles. The number of nitrogens with two attached hydrogens (primary N) is 1. The van der Waals surface area contributed by atoms with Crippen LogP contribution >= 0.6 is 11.3 Å². The van der Waals surface area contributed by atoms with Gasteiger partial charge >= 0.3 is 0 Å². The largest absolute Gasteiger partial charge is 0.320 e. The first-order chi connectivity index (χ1) is 7.66. The molecule has 0 bridgehead atoms. The lowest BCUT2D eigenvalue weighted by molar-refractivity contribution is -0.117. The number of aryl methyl sites for hydroxylation is 2. The maximum atomic E-state index is 11.4. The third-order valence-electron chi connectivity index (χ3n) is 2.74. The quantitative estimate of drug-likeness (QED) is 0.772. The van der Waals surface area contributed by atoms with Gasteiger partial charge in [-0.3, -0.25) is 4.79 Å². The van der Waals surface area contributed by atoms with Gasteiger partial charge in [0.25, 0.3) is 0 Å². The summed E-state index contributed by atoms with van der Waals surface area (Å²) in [6.45, 7) is 1.67. The number of carbonyl (C=O) groups excluding carboxylic acids is 1. The first-order valence-corrected chi connectivity index (χ1v) is 6.53. The zero-order chi connectivity index (χ0) is 11.5. The minimum absolute atomic E-state index is 0.163. The average Bonchev–Trinajstić information content (AvgIpc) is 2.48. The van der Waals surface area contributed by atoms with E-state index in [0.717, 1.165) is 12.8 Å². The molecule has 1 aromatic heterocycles. The summed E-state index contributed by atoms with van der Waals surface area (Å²) in [6, 6.07) is -0.483. The van der Waals surface area contributed by atoms with Crippen LogP contribution in [0.2, 0.25) is 0 Å². The predicted molar refractivity (Wildman–Crippen MR) is 65.7 cm³/mol. The van der Waals surface area contributed by atoms with Crippen molar-refractivity contribution in [3.05, 3.63) is 10.6 Å². The Bertz CT molecular complexity index is 363. The molecule has 4 nitrogen and oxygen atoms in total. The number of thiazole rings is 1. The van der Waals surface area contributed by atoms with E-state index in [2.05, 4.69) is 10.3 Å². The van der Waals surface area contributed by atoms with Crippen molar-refractivity contribution in [2.45, 2.75) is 45.1 Å². The second-order valence-electron chi connectivity index (χ2n) is 4.23. The van der Waals surface area contributed by atoms with Gasteiger partial charge in [0, 0.05) is 4.88 Å². The van der Waals surface area contributed by atoms with Gasteiger partial charge in [-0.15, -0.1) is 11.3 Å². The van der Waals surface area contributed by atoms with Crippen molar-refractivity contribution in [2.24, 2.45) is 5.73 Å². The number of amides is 1. The zero-order valence-electron chi connectivity index (χ0n) is 9.45. The summed E-state index contributed by atoms with van der Waals surface area (Å²) in [5.74, 6) is -0.163. The lowest BCUT2D eigenvalue weighted by atomic mass is 10.2. The van der Waals surface area contributed by atoms with Gasteiger partial charge < -0.3 is 11.1 Å². The molecule has 1 aliphatic carbocycles. The molecule has 0 saturated heterocycles. The SMILES string of the molecule is CC(N)C(=O)Nc1nc2c(s1)CCCCC2. The molecule has 0 spiro atoms. The summed E-state index contributed by atoms with van der Waals surface area (Å²) in [6.07, 6.45) is 5.86. The number of nitrogens with zero attached hydrogens (tertiary/aromatic N) is 1. The van der Waals surface area contributed by atoms with Crippen molar-refractivity contribution in [3.63, 3.8) is 0 Å². The highest BCUT2D eigenvalue weighted by Gasteiger charge is 2.16. The smallest absolute Gasteiger partial charge is 0.242 e. The van der Waals surface area contributed by atoms with Crippen LogP contribution in [0.25, 0.3) is 0 Å². The zero-order valence-corrected chi connectivity index (χ0v) is 10.3. The van der Waals surface area contributed by atoms with Crippen LogP contribution in [0.1, 0.15) is 36.8 Å². The molecule has 16 heavy (non-hydrogen) atoms. The molecular formula is C11H17N3OS. The average molecular weight is 239 g/mol. The van der Waals surface area contributed by atoms with Gasteiger partial charge in [0.05, 0.1) is 11.7 Å². The van der Waals surface area contributed by atoms with Gasteiger partial charge in [-0.2, -0.15) is 0 Å². The lowest BCUT2D eigenvalue weighted by Gasteiger charge is -2.03. The molecule has 1 heterocycles. The minimum atomic E-state index is -0.483. The van der Waals surface area contributed by atoms with Crippen LogP contribution in [0.15, 0.2) is 0 Å². The highest BCUT2D eigenvalue weighted by molar-refractivity contribution is 7.15. The number of rotatable bonds is 2. The Kier molecular flexibility index (Phi) is 3.56. The second-order valence-corrected chi connectivity index (χ2v) is 5.31. The Labute approximate surface area is 99.3 Å². The molecular weight excluding hydrogens is 222 g/mol. The van der Waals surface area contributed by atoms with Crippen LogP contribution < -0.4 is 11.1 Å². The van der Waals surface area contributed by atoms with Crippen molar-refractivity contribution in [2.75, 3.05) is 5.32 Å². The fourth-order valence-electron chi connectivity index (χ4n) is 1.80. The first kappa shape index (κ1) is 11.5. The molecule has 3 N–H and O–H groups in total. The molecule has 1 amide bonds. The molecule has 1 unspecified atom stereocenters. The molecule has 1 atom stereocenters. The van der Waals surface area contributed by atoms with E-state index in [-0.39, 0.29) is 5.91 Å². The molecule has 0 aliphatic heterocycles. The summed E-state index contributed by atoms with van der Waals surface area (Å²) in [7, 11) is 0. The Morgan fingerprint density at radius 3 is 2.94 bits per heavy atom. The molecule has 1 aromatic rings. The van der Waals surface area contributed by atoms with Crippen molar-refractivity contribution < 1.29 is 4.79 Å². The molecule has 2 rings (SSSR count). The van der Waals surface area contributed by atoms with Gasteiger partial charge in [-0.05, 0) is 32.6 Å². The number of fused-ring (bicyclic) bond motifs is 1. The third-order valence-corrected chi connectivity index (χ3v) is 3.81. The van der Waals surface area contributed by atoms with E-state index in [4.69, 9.17) is 5.73 Å². The third kappa shape index (κ3) is 2.59. The number of hydrogen-bond acceptors (Lipinski definition) is 4. The predicted octanol–water partition coefficient (Wildman–Crippen LogP) is 1.70. The number of hydrogen-bond donors (Lipinski definition) is 2. The number of carbonyl (C=O) groups is 1. The molecule has 5 heteroatoms. The Balaban J connectivity index is 2.09. The van der Waals surface area contributed by atoms with Crippen LogP contribution in [-0.4, -0.2) is 16.9 Å².